The van der Waals surface area contributed by atoms with Gasteiger partial charge in [-0.15, -0.1) is 11.3 Å². The van der Waals surface area contributed by atoms with Crippen molar-refractivity contribution in [3.63, 3.8) is 0 Å². The van der Waals surface area contributed by atoms with Gasteiger partial charge in [0.2, 0.25) is 0 Å². The van der Waals surface area contributed by atoms with E-state index in [0.29, 0.717) is 15.7 Å². The van der Waals surface area contributed by atoms with E-state index in [4.69, 9.17) is 5.11 Å². The van der Waals surface area contributed by atoms with Gasteiger partial charge in [0.25, 0.3) is 5.91 Å². The fourth-order valence-corrected chi connectivity index (χ4v) is 3.14. The van der Waals surface area contributed by atoms with E-state index >= 15 is 0 Å². The van der Waals surface area contributed by atoms with E-state index in [0.717, 1.165) is 2.88 Å². The van der Waals surface area contributed by atoms with Crippen LogP contribution in [0.2, 0.25) is 0 Å². The number of carbonyl (C=O) groups is 2. The van der Waals surface area contributed by atoms with Crippen molar-refractivity contribution in [2.24, 2.45) is 0 Å². The fraction of sp³-hybridized carbons (Fsp3) is 0. The van der Waals surface area contributed by atoms with Crippen LogP contribution in [0, 0.1) is 2.88 Å². The lowest BCUT2D eigenvalue weighted by Gasteiger charge is -2.06. The molecular formula is C12H7BrINO3S. The normalized spacial score (nSPS) is 10.2. The zero-order chi connectivity index (χ0) is 14.0. The molecule has 19 heavy (non-hydrogen) atoms. The second kappa shape index (κ2) is 6.02. The number of carboxylic acids is 1. The van der Waals surface area contributed by atoms with Crippen LogP contribution in [-0.2, 0) is 0 Å². The molecule has 1 amide bonds. The monoisotopic (exact) mass is 451 g/mol. The smallest absolute Gasteiger partial charge is 0.336 e. The van der Waals surface area contributed by atoms with Crippen molar-refractivity contribution in [1.82, 2.24) is 0 Å². The van der Waals surface area contributed by atoms with E-state index in [2.05, 4.69) is 43.8 Å². The summed E-state index contributed by atoms with van der Waals surface area (Å²) in [7, 11) is 0. The average Bonchev–Trinajstić information content (AvgIpc) is 2.78. The number of carbonyl (C=O) groups excluding carboxylic acids is 1. The van der Waals surface area contributed by atoms with Gasteiger partial charge in [-0.05, 0) is 62.8 Å². The quantitative estimate of drug-likeness (QED) is 0.691. The molecule has 0 aliphatic rings. The molecule has 0 bridgehead atoms. The van der Waals surface area contributed by atoms with Crippen LogP contribution in [0.1, 0.15) is 20.7 Å². The highest BCUT2D eigenvalue weighted by Gasteiger charge is 2.12. The van der Waals surface area contributed by atoms with E-state index in [1.54, 1.807) is 23.6 Å². The van der Waals surface area contributed by atoms with Crippen LogP contribution in [0.4, 0.5) is 5.69 Å². The van der Waals surface area contributed by atoms with Crippen molar-refractivity contribution in [3.05, 3.63) is 48.1 Å². The molecule has 1 aromatic carbocycles. The maximum Gasteiger partial charge on any atom is 0.336 e. The summed E-state index contributed by atoms with van der Waals surface area (Å²) >= 11 is 6.77. The third-order valence-electron chi connectivity index (χ3n) is 2.28. The van der Waals surface area contributed by atoms with Gasteiger partial charge in [-0.25, -0.2) is 4.79 Å². The Labute approximate surface area is 135 Å². The fourth-order valence-electron chi connectivity index (χ4n) is 1.40. The molecule has 0 spiro atoms. The number of thiophene rings is 1. The van der Waals surface area contributed by atoms with Crippen molar-refractivity contribution in [2.45, 2.75) is 0 Å². The third kappa shape index (κ3) is 3.54. The molecule has 0 radical (unpaired) electrons. The summed E-state index contributed by atoms with van der Waals surface area (Å²) in [5.74, 6) is -1.30. The number of hydrogen-bond acceptors (Lipinski definition) is 3. The summed E-state index contributed by atoms with van der Waals surface area (Å²) in [6.07, 6.45) is 0. The largest absolute Gasteiger partial charge is 0.478 e. The van der Waals surface area contributed by atoms with Crippen molar-refractivity contribution in [3.8, 4) is 0 Å². The topological polar surface area (TPSA) is 66.4 Å². The molecular weight excluding hydrogens is 445 g/mol. The van der Waals surface area contributed by atoms with Crippen LogP contribution in [0.25, 0.3) is 0 Å². The maximum absolute atomic E-state index is 11.9. The van der Waals surface area contributed by atoms with E-state index in [9.17, 15) is 9.59 Å². The minimum atomic E-state index is -1.05. The number of amides is 1. The molecule has 7 heteroatoms. The minimum absolute atomic E-state index is 0.109. The summed E-state index contributed by atoms with van der Waals surface area (Å²) in [4.78, 5) is 22.9. The summed E-state index contributed by atoms with van der Waals surface area (Å²) in [5, 5.41) is 13.4. The number of aromatic carboxylic acids is 1. The molecule has 0 saturated heterocycles. The molecule has 0 saturated carbocycles. The number of hydrogen-bond donors (Lipinski definition) is 2. The lowest BCUT2D eigenvalue weighted by atomic mass is 10.2. The number of nitrogens with one attached hydrogen (secondary N) is 1. The highest BCUT2D eigenvalue weighted by molar-refractivity contribution is 14.1. The van der Waals surface area contributed by atoms with Crippen LogP contribution < -0.4 is 5.32 Å². The lowest BCUT2D eigenvalue weighted by Crippen LogP contribution is -2.11. The van der Waals surface area contributed by atoms with Crippen molar-refractivity contribution >= 4 is 67.4 Å². The summed E-state index contributed by atoms with van der Waals surface area (Å²) in [6, 6.07) is 6.43. The Hall–Kier alpha value is -0.930. The summed E-state index contributed by atoms with van der Waals surface area (Å²) in [5.41, 5.74) is 1.12. The van der Waals surface area contributed by atoms with Crippen LogP contribution in [0.3, 0.4) is 0 Å². The van der Waals surface area contributed by atoms with Crippen molar-refractivity contribution in [2.75, 3.05) is 5.32 Å². The highest BCUT2D eigenvalue weighted by atomic mass is 127. The number of rotatable bonds is 3. The van der Waals surface area contributed by atoms with Gasteiger partial charge >= 0.3 is 5.97 Å². The minimum Gasteiger partial charge on any atom is -0.478 e. The Morgan fingerprint density at radius 1 is 1.32 bits per heavy atom. The standard InChI is InChI=1S/C12H7BrINO3S/c13-9-2-1-7(4-8(9)12(17)18)15-11(16)6-3-10(14)19-5-6/h1-5H,(H,15,16)(H,17,18). The Morgan fingerprint density at radius 3 is 2.63 bits per heavy atom. The van der Waals surface area contributed by atoms with Gasteiger partial charge in [-0.1, -0.05) is 0 Å². The second-order valence-corrected chi connectivity index (χ2v) is 7.25. The summed E-state index contributed by atoms with van der Waals surface area (Å²) in [6.45, 7) is 0. The van der Waals surface area contributed by atoms with Gasteiger partial charge < -0.3 is 10.4 Å². The van der Waals surface area contributed by atoms with Crippen LogP contribution in [0.15, 0.2) is 34.1 Å². The van der Waals surface area contributed by atoms with Crippen LogP contribution in [0.5, 0.6) is 0 Å². The molecule has 1 aromatic heterocycles. The first kappa shape index (κ1) is 14.5. The Morgan fingerprint density at radius 2 is 2.05 bits per heavy atom. The predicted molar refractivity (Wildman–Crippen MR) is 86.1 cm³/mol. The molecule has 0 aliphatic heterocycles. The number of carboxylic acid groups (broad SMARTS) is 1. The Balaban J connectivity index is 2.22. The molecule has 2 N–H and O–H groups in total. The number of benzene rings is 1. The van der Waals surface area contributed by atoms with Crippen LogP contribution in [-0.4, -0.2) is 17.0 Å². The predicted octanol–water partition coefficient (Wildman–Crippen LogP) is 4.07. The lowest BCUT2D eigenvalue weighted by molar-refractivity contribution is 0.0695. The van der Waals surface area contributed by atoms with Gasteiger partial charge in [0.15, 0.2) is 0 Å². The number of halogens is 2. The average molecular weight is 452 g/mol. The van der Waals surface area contributed by atoms with Crippen molar-refractivity contribution < 1.29 is 14.7 Å². The third-order valence-corrected chi connectivity index (χ3v) is 4.76. The second-order valence-electron chi connectivity index (χ2n) is 3.59. The van der Waals surface area contributed by atoms with Gasteiger partial charge in [0, 0.05) is 15.5 Å². The first-order valence-electron chi connectivity index (χ1n) is 5.05. The molecule has 98 valence electrons. The zero-order valence-electron chi connectivity index (χ0n) is 9.31. The molecule has 1 heterocycles. The number of anilines is 1. The van der Waals surface area contributed by atoms with E-state index in [-0.39, 0.29) is 11.5 Å². The molecule has 0 fully saturated rings. The summed E-state index contributed by atoms with van der Waals surface area (Å²) < 4.78 is 1.49. The molecule has 0 aliphatic carbocycles. The zero-order valence-corrected chi connectivity index (χ0v) is 13.9. The Bertz CT molecular complexity index is 656. The van der Waals surface area contributed by atoms with Gasteiger partial charge in [0.1, 0.15) is 0 Å². The van der Waals surface area contributed by atoms with E-state index in [1.165, 1.54) is 17.4 Å². The highest BCUT2D eigenvalue weighted by Crippen LogP contribution is 2.22. The van der Waals surface area contributed by atoms with Crippen molar-refractivity contribution in [1.29, 1.82) is 0 Å². The molecule has 2 aromatic rings. The van der Waals surface area contributed by atoms with E-state index < -0.39 is 5.97 Å². The first-order valence-corrected chi connectivity index (χ1v) is 7.81. The van der Waals surface area contributed by atoms with E-state index in [1.807, 2.05) is 0 Å². The van der Waals surface area contributed by atoms with Gasteiger partial charge in [-0.2, -0.15) is 0 Å². The van der Waals surface area contributed by atoms with Gasteiger partial charge in [0.05, 0.1) is 14.0 Å². The molecule has 0 atom stereocenters. The molecule has 4 nitrogen and oxygen atoms in total. The maximum atomic E-state index is 11.9. The van der Waals surface area contributed by atoms with Crippen LogP contribution >= 0.6 is 49.9 Å². The van der Waals surface area contributed by atoms with Gasteiger partial charge in [-0.3, -0.25) is 4.79 Å². The molecule has 0 unspecified atom stereocenters. The SMILES string of the molecule is O=C(Nc1ccc(Br)c(C(=O)O)c1)c1csc(I)c1. The Kier molecular flexibility index (Phi) is 4.58. The first-order chi connectivity index (χ1) is 8.97. The molecule has 2 rings (SSSR count).